The molecule has 1 saturated heterocycles. The quantitative estimate of drug-likeness (QED) is 0.0470. The zero-order valence-electron chi connectivity index (χ0n) is 22.2. The number of nitrogens with one attached hydrogen (secondary N) is 5. The first-order valence-corrected chi connectivity index (χ1v) is 12.0. The molecule has 1 unspecified atom stereocenters. The smallest absolute Gasteiger partial charge is 0.309 e. The number of aliphatic hydroxyl groups is 1. The van der Waals surface area contributed by atoms with Crippen molar-refractivity contribution < 1.29 is 57.6 Å². The number of hydrogen-bond acceptors (Lipinski definition) is 12. The first-order valence-electron chi connectivity index (χ1n) is 12.0. The van der Waals surface area contributed by atoms with Crippen LogP contribution in [0.3, 0.4) is 0 Å². The number of aliphatic hydroxyl groups excluding tert-OH is 1. The van der Waals surface area contributed by atoms with Crippen LogP contribution in [0.2, 0.25) is 0 Å². The van der Waals surface area contributed by atoms with E-state index in [4.69, 9.17) is 24.1 Å². The van der Waals surface area contributed by atoms with Gasteiger partial charge in [-0.2, -0.15) is 0 Å². The number of hydrogen-bond donors (Lipinski definition) is 6. The molecule has 0 aliphatic carbocycles. The van der Waals surface area contributed by atoms with Gasteiger partial charge in [0.05, 0.1) is 45.9 Å². The molecule has 1 rings (SSSR count). The van der Waals surface area contributed by atoms with Gasteiger partial charge in [-0.15, -0.1) is 0 Å². The second-order valence-corrected chi connectivity index (χ2v) is 7.57. The zero-order chi connectivity index (χ0) is 29.3. The van der Waals surface area contributed by atoms with Crippen LogP contribution < -0.4 is 26.6 Å². The molecular formula is C22H39N5O12. The number of cyclic esters (lactones) is 1. The Balaban J connectivity index is 0.00000256. The number of esters is 1. The van der Waals surface area contributed by atoms with E-state index >= 15 is 0 Å². The molecule has 1 heterocycles. The van der Waals surface area contributed by atoms with Crippen LogP contribution in [-0.4, -0.2) is 127 Å². The Morgan fingerprint density at radius 1 is 0.821 bits per heavy atom. The van der Waals surface area contributed by atoms with Gasteiger partial charge in [0, 0.05) is 20.6 Å². The Kier molecular flexibility index (Phi) is 21.7. The fraction of sp³-hybridized carbons (Fsp3) is 0.727. The summed E-state index contributed by atoms with van der Waals surface area (Å²) in [6.45, 7) is 0.287. The van der Waals surface area contributed by atoms with E-state index in [9.17, 15) is 28.8 Å². The summed E-state index contributed by atoms with van der Waals surface area (Å²) in [4.78, 5) is 68.9. The summed E-state index contributed by atoms with van der Waals surface area (Å²) in [7, 11) is 3.02. The van der Waals surface area contributed by atoms with E-state index in [-0.39, 0.29) is 45.4 Å². The van der Waals surface area contributed by atoms with Gasteiger partial charge in [0.1, 0.15) is 32.7 Å². The largest absolute Gasteiger partial charge is 0.465 e. The van der Waals surface area contributed by atoms with Crippen molar-refractivity contribution in [2.24, 2.45) is 0 Å². The van der Waals surface area contributed by atoms with E-state index < -0.39 is 48.7 Å². The number of carbonyl (C=O) groups excluding carboxylic acids is 6. The fourth-order valence-electron chi connectivity index (χ4n) is 2.34. The third-order valence-corrected chi connectivity index (χ3v) is 4.50. The van der Waals surface area contributed by atoms with Crippen LogP contribution in [0.4, 0.5) is 0 Å². The SMILES string of the molecule is COCCOCNC(=O)CNC(=O)CCC(NC(=O)CO)C(=O)NCC(=O)NCOCCOC.O=C1CCO1. The molecule has 0 radical (unpaired) electrons. The van der Waals surface area contributed by atoms with Gasteiger partial charge in [-0.3, -0.25) is 28.8 Å². The molecule has 224 valence electrons. The van der Waals surface area contributed by atoms with Gasteiger partial charge in [-0.05, 0) is 6.42 Å². The van der Waals surface area contributed by atoms with Crippen molar-refractivity contribution >= 4 is 35.5 Å². The van der Waals surface area contributed by atoms with Gasteiger partial charge >= 0.3 is 5.97 Å². The average Bonchev–Trinajstić information content (AvgIpc) is 2.91. The van der Waals surface area contributed by atoms with Crippen molar-refractivity contribution in [1.82, 2.24) is 26.6 Å². The van der Waals surface area contributed by atoms with Gasteiger partial charge in [0.2, 0.25) is 29.5 Å². The van der Waals surface area contributed by atoms with E-state index in [2.05, 4.69) is 31.3 Å². The zero-order valence-corrected chi connectivity index (χ0v) is 22.2. The maximum Gasteiger partial charge on any atom is 0.309 e. The van der Waals surface area contributed by atoms with Crippen molar-refractivity contribution in [3.63, 3.8) is 0 Å². The molecule has 1 aliphatic heterocycles. The monoisotopic (exact) mass is 565 g/mol. The number of carbonyl (C=O) groups is 6. The molecule has 39 heavy (non-hydrogen) atoms. The highest BCUT2D eigenvalue weighted by molar-refractivity contribution is 5.91. The molecule has 17 heteroatoms. The van der Waals surface area contributed by atoms with Crippen LogP contribution >= 0.6 is 0 Å². The Hall–Kier alpha value is -3.38. The van der Waals surface area contributed by atoms with Crippen LogP contribution in [0.1, 0.15) is 19.3 Å². The van der Waals surface area contributed by atoms with Crippen molar-refractivity contribution in [3.8, 4) is 0 Å². The number of methoxy groups -OCH3 is 2. The van der Waals surface area contributed by atoms with Crippen LogP contribution in [0, 0.1) is 0 Å². The van der Waals surface area contributed by atoms with Gasteiger partial charge in [0.15, 0.2) is 0 Å². The third kappa shape index (κ3) is 21.3. The minimum atomic E-state index is -1.18. The van der Waals surface area contributed by atoms with Crippen LogP contribution in [0.5, 0.6) is 0 Å². The molecule has 1 fully saturated rings. The highest BCUT2D eigenvalue weighted by atomic mass is 16.6. The number of rotatable bonds is 20. The molecule has 1 aliphatic rings. The van der Waals surface area contributed by atoms with Crippen molar-refractivity contribution in [1.29, 1.82) is 0 Å². The molecule has 0 saturated carbocycles. The number of ether oxygens (including phenoxy) is 5. The topological polar surface area (TPSA) is 229 Å². The summed E-state index contributed by atoms with van der Waals surface area (Å²) in [5.74, 6) is -3.18. The molecular weight excluding hydrogens is 526 g/mol. The minimum absolute atomic E-state index is 0.0413. The maximum atomic E-state index is 12.3. The summed E-state index contributed by atoms with van der Waals surface area (Å²) in [6, 6.07) is -1.18. The predicted octanol–water partition coefficient (Wildman–Crippen LogP) is -4.12. The van der Waals surface area contributed by atoms with Crippen molar-refractivity contribution in [2.45, 2.75) is 25.3 Å². The molecule has 0 aromatic carbocycles. The summed E-state index contributed by atoms with van der Waals surface area (Å²) in [6.07, 6.45) is 0.286. The predicted molar refractivity (Wildman–Crippen MR) is 132 cm³/mol. The van der Waals surface area contributed by atoms with Crippen LogP contribution in [0.25, 0.3) is 0 Å². The van der Waals surface area contributed by atoms with Gasteiger partial charge in [-0.1, -0.05) is 0 Å². The summed E-state index contributed by atoms with van der Waals surface area (Å²) < 4.78 is 24.0. The van der Waals surface area contributed by atoms with Crippen molar-refractivity contribution in [3.05, 3.63) is 0 Å². The van der Waals surface area contributed by atoms with Crippen LogP contribution in [-0.2, 0) is 52.5 Å². The standard InChI is InChI=1S/C19H35N5O10.C3H4O2/c1-31-5-7-33-12-22-16(27)9-20-15(26)4-3-14(24-18(29)11-25)19(30)21-10-17(28)23-13-34-8-6-32-2;4-3-1-2-5-3/h14,25H,3-13H2,1-2H3,(H,20,26)(H,21,30)(H,22,27)(H,23,28)(H,24,29);1-2H2. The highest BCUT2D eigenvalue weighted by Gasteiger charge is 2.22. The van der Waals surface area contributed by atoms with Crippen molar-refractivity contribution in [2.75, 3.05) is 80.4 Å². The molecule has 1 atom stereocenters. The second-order valence-electron chi connectivity index (χ2n) is 7.57. The average molecular weight is 566 g/mol. The minimum Gasteiger partial charge on any atom is -0.465 e. The second kappa shape index (κ2) is 23.7. The summed E-state index contributed by atoms with van der Waals surface area (Å²) in [5, 5.41) is 20.7. The molecule has 0 bridgehead atoms. The first-order chi connectivity index (χ1) is 18.7. The molecule has 0 aromatic heterocycles. The first kappa shape index (κ1) is 35.6. The van der Waals surface area contributed by atoms with E-state index in [0.717, 1.165) is 0 Å². The van der Waals surface area contributed by atoms with E-state index in [1.807, 2.05) is 0 Å². The van der Waals surface area contributed by atoms with Gasteiger partial charge in [0.25, 0.3) is 0 Å². The maximum absolute atomic E-state index is 12.3. The normalized spacial score (nSPS) is 12.4. The van der Waals surface area contributed by atoms with Gasteiger partial charge < -0.3 is 55.4 Å². The lowest BCUT2D eigenvalue weighted by Crippen LogP contribution is -2.50. The van der Waals surface area contributed by atoms with Crippen LogP contribution in [0.15, 0.2) is 0 Å². The molecule has 0 spiro atoms. The summed E-state index contributed by atoms with van der Waals surface area (Å²) >= 11 is 0. The lowest BCUT2D eigenvalue weighted by atomic mass is 10.1. The Morgan fingerprint density at radius 2 is 1.33 bits per heavy atom. The molecule has 17 nitrogen and oxygen atoms in total. The Morgan fingerprint density at radius 3 is 1.77 bits per heavy atom. The summed E-state index contributed by atoms with van der Waals surface area (Å²) in [5.41, 5.74) is 0. The third-order valence-electron chi connectivity index (χ3n) is 4.50. The highest BCUT2D eigenvalue weighted by Crippen LogP contribution is 1.99. The lowest BCUT2D eigenvalue weighted by molar-refractivity contribution is -0.157. The molecule has 0 aromatic rings. The van der Waals surface area contributed by atoms with E-state index in [1.165, 1.54) is 14.2 Å². The Labute approximate surface area is 225 Å². The fourth-order valence-corrected chi connectivity index (χ4v) is 2.34. The molecule has 6 N–H and O–H groups in total. The van der Waals surface area contributed by atoms with Gasteiger partial charge in [-0.25, -0.2) is 0 Å². The Bertz CT molecular complexity index is 762. The van der Waals surface area contributed by atoms with E-state index in [1.54, 1.807) is 0 Å². The van der Waals surface area contributed by atoms with E-state index in [0.29, 0.717) is 32.8 Å². The number of amides is 5. The molecule has 5 amide bonds. The lowest BCUT2D eigenvalue weighted by Gasteiger charge is -2.18.